The molecular formula is C12H17N3O3. The second kappa shape index (κ2) is 5.32. The topological polar surface area (TPSA) is 81.6 Å². The molecule has 6 nitrogen and oxygen atoms in total. The van der Waals surface area contributed by atoms with Crippen LogP contribution in [0, 0.1) is 10.1 Å². The van der Waals surface area contributed by atoms with Crippen molar-refractivity contribution in [2.24, 2.45) is 0 Å². The number of anilines is 1. The Kier molecular flexibility index (Phi) is 3.78. The maximum Gasteiger partial charge on any atom is 0.269 e. The van der Waals surface area contributed by atoms with Gasteiger partial charge in [-0.1, -0.05) is 0 Å². The fourth-order valence-electron chi connectivity index (χ4n) is 2.12. The Balaban J connectivity index is 2.12. The zero-order chi connectivity index (χ0) is 13.1. The first-order valence-electron chi connectivity index (χ1n) is 5.93. The van der Waals surface area contributed by atoms with Crippen molar-refractivity contribution in [3.05, 3.63) is 33.9 Å². The van der Waals surface area contributed by atoms with Crippen molar-refractivity contribution in [2.75, 3.05) is 25.4 Å². The molecule has 18 heavy (non-hydrogen) atoms. The van der Waals surface area contributed by atoms with Crippen LogP contribution in [-0.2, 0) is 11.3 Å². The van der Waals surface area contributed by atoms with E-state index in [9.17, 15) is 10.1 Å². The number of hydrogen-bond acceptors (Lipinski definition) is 5. The van der Waals surface area contributed by atoms with Crippen molar-refractivity contribution in [3.63, 3.8) is 0 Å². The average Bonchev–Trinajstić information content (AvgIpc) is 2.31. The highest BCUT2D eigenvalue weighted by Gasteiger charge is 2.18. The number of morpholine rings is 1. The fourth-order valence-corrected chi connectivity index (χ4v) is 2.12. The second-order valence-electron chi connectivity index (χ2n) is 4.56. The summed E-state index contributed by atoms with van der Waals surface area (Å²) in [6, 6.07) is 4.58. The van der Waals surface area contributed by atoms with Gasteiger partial charge >= 0.3 is 0 Å². The Labute approximate surface area is 105 Å². The number of nitrogens with two attached hydrogens (primary N) is 1. The molecule has 0 saturated carbocycles. The molecule has 2 rings (SSSR count). The molecule has 0 bridgehead atoms. The summed E-state index contributed by atoms with van der Waals surface area (Å²) in [5.74, 6) is 0. The first-order chi connectivity index (χ1) is 8.56. The van der Waals surface area contributed by atoms with E-state index >= 15 is 0 Å². The van der Waals surface area contributed by atoms with Crippen LogP contribution >= 0.6 is 0 Å². The van der Waals surface area contributed by atoms with Gasteiger partial charge in [0.1, 0.15) is 0 Å². The van der Waals surface area contributed by atoms with Crippen molar-refractivity contribution in [1.29, 1.82) is 0 Å². The zero-order valence-corrected chi connectivity index (χ0v) is 10.3. The molecule has 1 aliphatic heterocycles. The van der Waals surface area contributed by atoms with Gasteiger partial charge in [-0.3, -0.25) is 15.0 Å². The number of hydrogen-bond donors (Lipinski definition) is 1. The van der Waals surface area contributed by atoms with Gasteiger partial charge in [0.15, 0.2) is 0 Å². The van der Waals surface area contributed by atoms with Gasteiger partial charge in [0.05, 0.1) is 17.6 Å². The monoisotopic (exact) mass is 251 g/mol. The van der Waals surface area contributed by atoms with Crippen LogP contribution < -0.4 is 5.73 Å². The number of nitro benzene ring substituents is 1. The molecule has 0 amide bonds. The Morgan fingerprint density at radius 2 is 2.39 bits per heavy atom. The molecule has 1 aliphatic rings. The molecule has 6 heteroatoms. The molecule has 2 N–H and O–H groups in total. The first kappa shape index (κ1) is 12.8. The predicted molar refractivity (Wildman–Crippen MR) is 68.2 cm³/mol. The number of rotatable bonds is 3. The van der Waals surface area contributed by atoms with Gasteiger partial charge in [-0.05, 0) is 18.6 Å². The van der Waals surface area contributed by atoms with E-state index in [1.807, 2.05) is 6.92 Å². The van der Waals surface area contributed by atoms with Crippen molar-refractivity contribution in [3.8, 4) is 0 Å². The molecule has 1 unspecified atom stereocenters. The van der Waals surface area contributed by atoms with Crippen LogP contribution in [0.3, 0.4) is 0 Å². The minimum absolute atomic E-state index is 0.0838. The third-order valence-electron chi connectivity index (χ3n) is 3.06. The molecule has 1 saturated heterocycles. The van der Waals surface area contributed by atoms with Gasteiger partial charge in [0, 0.05) is 37.5 Å². The first-order valence-corrected chi connectivity index (χ1v) is 5.93. The van der Waals surface area contributed by atoms with E-state index in [1.54, 1.807) is 12.1 Å². The predicted octanol–water partition coefficient (Wildman–Crippen LogP) is 1.40. The number of nitro groups is 1. The van der Waals surface area contributed by atoms with Crippen LogP contribution in [-0.4, -0.2) is 35.6 Å². The maximum atomic E-state index is 10.7. The number of benzene rings is 1. The Morgan fingerprint density at radius 1 is 1.61 bits per heavy atom. The largest absolute Gasteiger partial charge is 0.398 e. The number of nitrogens with zero attached hydrogens (tertiary/aromatic N) is 2. The highest BCUT2D eigenvalue weighted by Crippen LogP contribution is 2.21. The Morgan fingerprint density at radius 3 is 3.06 bits per heavy atom. The number of non-ortho nitro benzene ring substituents is 1. The van der Waals surface area contributed by atoms with E-state index in [-0.39, 0.29) is 11.8 Å². The smallest absolute Gasteiger partial charge is 0.269 e. The van der Waals surface area contributed by atoms with E-state index in [2.05, 4.69) is 4.90 Å². The van der Waals surface area contributed by atoms with Crippen LogP contribution in [0.15, 0.2) is 18.2 Å². The molecular weight excluding hydrogens is 234 g/mol. The SMILES string of the molecule is CC1CN(Cc2cc([N+](=O)[O-])ccc2N)CCO1. The lowest BCUT2D eigenvalue weighted by atomic mass is 10.1. The minimum atomic E-state index is -0.398. The van der Waals surface area contributed by atoms with Crippen LogP contribution in [0.5, 0.6) is 0 Å². The normalized spacial score (nSPS) is 20.8. The number of ether oxygens (including phenoxy) is 1. The molecule has 98 valence electrons. The summed E-state index contributed by atoms with van der Waals surface area (Å²) in [6.07, 6.45) is 0.193. The van der Waals surface area contributed by atoms with Gasteiger partial charge in [-0.15, -0.1) is 0 Å². The van der Waals surface area contributed by atoms with Crippen LogP contribution in [0.2, 0.25) is 0 Å². The summed E-state index contributed by atoms with van der Waals surface area (Å²) in [5.41, 5.74) is 7.35. The quantitative estimate of drug-likeness (QED) is 0.499. The summed E-state index contributed by atoms with van der Waals surface area (Å²) in [7, 11) is 0. The molecule has 0 aromatic heterocycles. The summed E-state index contributed by atoms with van der Waals surface area (Å²) in [6.45, 7) is 4.98. The molecule has 1 fully saturated rings. The van der Waals surface area contributed by atoms with Gasteiger partial charge < -0.3 is 10.5 Å². The van der Waals surface area contributed by atoms with Crippen LogP contribution in [0.1, 0.15) is 12.5 Å². The van der Waals surface area contributed by atoms with E-state index in [1.165, 1.54) is 6.07 Å². The van der Waals surface area contributed by atoms with E-state index in [4.69, 9.17) is 10.5 Å². The Bertz CT molecular complexity index is 450. The molecule has 0 radical (unpaired) electrons. The average molecular weight is 251 g/mol. The standard InChI is InChI=1S/C12H17N3O3/c1-9-7-14(4-5-18-9)8-10-6-11(15(16)17)2-3-12(10)13/h2-3,6,9H,4-5,7-8,13H2,1H3. The summed E-state index contributed by atoms with van der Waals surface area (Å²) in [4.78, 5) is 12.5. The van der Waals surface area contributed by atoms with Crippen molar-refractivity contribution in [2.45, 2.75) is 19.6 Å². The van der Waals surface area contributed by atoms with Crippen molar-refractivity contribution in [1.82, 2.24) is 4.90 Å². The van der Waals surface area contributed by atoms with Crippen LogP contribution in [0.25, 0.3) is 0 Å². The maximum absolute atomic E-state index is 10.7. The molecule has 1 aromatic carbocycles. The summed E-state index contributed by atoms with van der Waals surface area (Å²) < 4.78 is 5.46. The third-order valence-corrected chi connectivity index (χ3v) is 3.06. The molecule has 0 aliphatic carbocycles. The lowest BCUT2D eigenvalue weighted by molar-refractivity contribution is -0.384. The van der Waals surface area contributed by atoms with Gasteiger partial charge in [-0.2, -0.15) is 0 Å². The van der Waals surface area contributed by atoms with Gasteiger partial charge in [-0.25, -0.2) is 0 Å². The molecule has 1 heterocycles. The lowest BCUT2D eigenvalue weighted by Gasteiger charge is -2.31. The number of nitrogen functional groups attached to an aromatic ring is 1. The summed E-state index contributed by atoms with van der Waals surface area (Å²) in [5, 5.41) is 10.7. The minimum Gasteiger partial charge on any atom is -0.398 e. The van der Waals surface area contributed by atoms with Crippen molar-refractivity contribution < 1.29 is 9.66 Å². The van der Waals surface area contributed by atoms with E-state index in [0.29, 0.717) is 18.8 Å². The third kappa shape index (κ3) is 2.96. The second-order valence-corrected chi connectivity index (χ2v) is 4.56. The van der Waals surface area contributed by atoms with Crippen LogP contribution in [0.4, 0.5) is 11.4 Å². The molecule has 1 aromatic rings. The molecule has 1 atom stereocenters. The van der Waals surface area contributed by atoms with E-state index in [0.717, 1.165) is 18.7 Å². The fraction of sp³-hybridized carbons (Fsp3) is 0.500. The summed E-state index contributed by atoms with van der Waals surface area (Å²) >= 11 is 0. The highest BCUT2D eigenvalue weighted by molar-refractivity contribution is 5.52. The highest BCUT2D eigenvalue weighted by atomic mass is 16.6. The van der Waals surface area contributed by atoms with Gasteiger partial charge in [0.25, 0.3) is 5.69 Å². The Hall–Kier alpha value is -1.66. The van der Waals surface area contributed by atoms with Gasteiger partial charge in [0.2, 0.25) is 0 Å². The van der Waals surface area contributed by atoms with E-state index < -0.39 is 4.92 Å². The molecule has 0 spiro atoms. The lowest BCUT2D eigenvalue weighted by Crippen LogP contribution is -2.40. The van der Waals surface area contributed by atoms with Crippen molar-refractivity contribution >= 4 is 11.4 Å². The zero-order valence-electron chi connectivity index (χ0n) is 10.3.